The molecule has 0 radical (unpaired) electrons. The van der Waals surface area contributed by atoms with Gasteiger partial charge in [-0.15, -0.1) is 0 Å². The second-order valence-corrected chi connectivity index (χ2v) is 9.82. The average molecular weight is 434 g/mol. The quantitative estimate of drug-likeness (QED) is 0.671. The molecular weight excluding hydrogens is 398 g/mol. The molecule has 1 saturated heterocycles. The lowest BCUT2D eigenvalue weighted by molar-refractivity contribution is -0.146. The van der Waals surface area contributed by atoms with E-state index in [1.54, 1.807) is 17.3 Å². The summed E-state index contributed by atoms with van der Waals surface area (Å²) in [7, 11) is 3.68. The Morgan fingerprint density at radius 3 is 2.16 bits per heavy atom. The number of hydrogen-bond donors (Lipinski definition) is 0. The summed E-state index contributed by atoms with van der Waals surface area (Å²) in [6.07, 6.45) is 11.4. The molecule has 4 rings (SSSR count). The van der Waals surface area contributed by atoms with Crippen LogP contribution in [0.15, 0.2) is 48.8 Å². The van der Waals surface area contributed by atoms with E-state index in [4.69, 9.17) is 0 Å². The second kappa shape index (κ2) is 9.85. The van der Waals surface area contributed by atoms with E-state index in [1.165, 1.54) is 31.2 Å². The fourth-order valence-electron chi connectivity index (χ4n) is 5.47. The van der Waals surface area contributed by atoms with E-state index in [0.717, 1.165) is 24.0 Å². The van der Waals surface area contributed by atoms with Crippen LogP contribution in [-0.4, -0.2) is 53.8 Å². The van der Waals surface area contributed by atoms with Crippen LogP contribution in [0.1, 0.15) is 50.5 Å². The summed E-state index contributed by atoms with van der Waals surface area (Å²) >= 11 is 0. The Kier molecular flexibility index (Phi) is 6.92. The van der Waals surface area contributed by atoms with Crippen molar-refractivity contribution in [1.29, 1.82) is 0 Å². The zero-order valence-electron chi connectivity index (χ0n) is 19.4. The molecule has 2 heterocycles. The molecule has 1 aliphatic heterocycles. The largest absolute Gasteiger partial charge is 0.348 e. The number of benzene rings is 1. The van der Waals surface area contributed by atoms with E-state index in [2.05, 4.69) is 29.2 Å². The number of nitrogens with zero attached hydrogens (tertiary/aromatic N) is 3. The molecule has 1 aliphatic carbocycles. The molecule has 1 aromatic heterocycles. The van der Waals surface area contributed by atoms with Gasteiger partial charge in [-0.3, -0.25) is 14.6 Å². The van der Waals surface area contributed by atoms with Gasteiger partial charge in [-0.05, 0) is 66.8 Å². The molecule has 0 N–H and O–H groups in total. The van der Waals surface area contributed by atoms with Gasteiger partial charge in [-0.25, -0.2) is 0 Å². The summed E-state index contributed by atoms with van der Waals surface area (Å²) in [5.41, 5.74) is 3.02. The lowest BCUT2D eigenvalue weighted by Crippen LogP contribution is -2.51. The predicted octanol–water partition coefficient (Wildman–Crippen LogP) is 4.57. The molecule has 1 aromatic carbocycles. The molecule has 2 aliphatic rings. The van der Waals surface area contributed by atoms with E-state index in [9.17, 15) is 9.59 Å². The molecule has 2 amide bonds. The number of amides is 2. The van der Waals surface area contributed by atoms with Gasteiger partial charge in [-0.1, -0.05) is 37.1 Å². The number of rotatable bonds is 6. The standard InChI is InChI=1S/C27H35N3O2/c1-29(2)26(32)27(13-17-30(18-14-27)25(31)19-21-5-3-4-6-21)20-22-7-9-23(10-8-22)24-11-15-28-16-12-24/h7-12,15-16,21H,3-6,13-14,17-20H2,1-2H3. The lowest BCUT2D eigenvalue weighted by atomic mass is 9.72. The van der Waals surface area contributed by atoms with Crippen molar-refractivity contribution in [3.8, 4) is 11.1 Å². The maximum Gasteiger partial charge on any atom is 0.228 e. The molecule has 2 aromatic rings. The first kappa shape index (κ1) is 22.5. The van der Waals surface area contributed by atoms with Gasteiger partial charge in [0.2, 0.25) is 11.8 Å². The minimum Gasteiger partial charge on any atom is -0.348 e. The van der Waals surface area contributed by atoms with Crippen LogP contribution in [0.3, 0.4) is 0 Å². The molecular formula is C27H35N3O2. The topological polar surface area (TPSA) is 53.5 Å². The molecule has 5 heteroatoms. The highest BCUT2D eigenvalue weighted by Gasteiger charge is 2.43. The van der Waals surface area contributed by atoms with Gasteiger partial charge in [0, 0.05) is 46.0 Å². The fourth-order valence-corrected chi connectivity index (χ4v) is 5.47. The van der Waals surface area contributed by atoms with Crippen molar-refractivity contribution < 1.29 is 9.59 Å². The molecule has 170 valence electrons. The summed E-state index contributed by atoms with van der Waals surface area (Å²) in [5.74, 6) is 1.03. The molecule has 32 heavy (non-hydrogen) atoms. The maximum atomic E-state index is 13.3. The smallest absolute Gasteiger partial charge is 0.228 e. The van der Waals surface area contributed by atoms with Gasteiger partial charge in [0.1, 0.15) is 0 Å². The van der Waals surface area contributed by atoms with E-state index in [-0.39, 0.29) is 11.8 Å². The zero-order valence-corrected chi connectivity index (χ0v) is 19.4. The molecule has 0 atom stereocenters. The SMILES string of the molecule is CN(C)C(=O)C1(Cc2ccc(-c3ccncc3)cc2)CCN(C(=O)CC2CCCC2)CC1. The normalized spacial score (nSPS) is 18.5. The highest BCUT2D eigenvalue weighted by atomic mass is 16.2. The van der Waals surface area contributed by atoms with E-state index >= 15 is 0 Å². The Balaban J connectivity index is 1.44. The van der Waals surface area contributed by atoms with Crippen molar-refractivity contribution in [2.24, 2.45) is 11.3 Å². The Morgan fingerprint density at radius 1 is 0.969 bits per heavy atom. The third-order valence-corrected chi connectivity index (χ3v) is 7.38. The zero-order chi connectivity index (χ0) is 22.6. The number of hydrogen-bond acceptors (Lipinski definition) is 3. The first-order chi connectivity index (χ1) is 15.5. The summed E-state index contributed by atoms with van der Waals surface area (Å²) in [6.45, 7) is 1.36. The van der Waals surface area contributed by atoms with E-state index in [0.29, 0.717) is 31.8 Å². The van der Waals surface area contributed by atoms with E-state index in [1.807, 2.05) is 31.1 Å². The first-order valence-corrected chi connectivity index (χ1v) is 12.0. The fraction of sp³-hybridized carbons (Fsp3) is 0.519. The lowest BCUT2D eigenvalue weighted by Gasteiger charge is -2.42. The van der Waals surface area contributed by atoms with Gasteiger partial charge < -0.3 is 9.80 Å². The van der Waals surface area contributed by atoms with Crippen LogP contribution in [0, 0.1) is 11.3 Å². The van der Waals surface area contributed by atoms with Crippen LogP contribution in [0.5, 0.6) is 0 Å². The molecule has 0 bridgehead atoms. The van der Waals surface area contributed by atoms with Gasteiger partial charge in [-0.2, -0.15) is 0 Å². The van der Waals surface area contributed by atoms with Gasteiger partial charge in [0.05, 0.1) is 5.41 Å². The average Bonchev–Trinajstić information content (AvgIpc) is 3.33. The first-order valence-electron chi connectivity index (χ1n) is 12.0. The highest BCUT2D eigenvalue weighted by Crippen LogP contribution is 2.38. The summed E-state index contributed by atoms with van der Waals surface area (Å²) < 4.78 is 0. The van der Waals surface area contributed by atoms with Gasteiger partial charge >= 0.3 is 0 Å². The van der Waals surface area contributed by atoms with Crippen LogP contribution in [-0.2, 0) is 16.0 Å². The molecule has 1 saturated carbocycles. The molecule has 0 spiro atoms. The van der Waals surface area contributed by atoms with Crippen LogP contribution in [0.4, 0.5) is 0 Å². The van der Waals surface area contributed by atoms with Gasteiger partial charge in [0.25, 0.3) is 0 Å². The van der Waals surface area contributed by atoms with Crippen molar-refractivity contribution in [3.05, 3.63) is 54.4 Å². The Bertz CT molecular complexity index is 910. The number of aromatic nitrogens is 1. The summed E-state index contributed by atoms with van der Waals surface area (Å²) in [6, 6.07) is 12.5. The summed E-state index contributed by atoms with van der Waals surface area (Å²) in [4.78, 5) is 33.9. The molecule has 5 nitrogen and oxygen atoms in total. The van der Waals surface area contributed by atoms with Crippen molar-refractivity contribution >= 4 is 11.8 Å². The number of carbonyl (C=O) groups excluding carboxylic acids is 2. The molecule has 2 fully saturated rings. The van der Waals surface area contributed by atoms with Crippen molar-refractivity contribution in [2.75, 3.05) is 27.2 Å². The predicted molar refractivity (Wildman–Crippen MR) is 127 cm³/mol. The number of pyridine rings is 1. The minimum atomic E-state index is -0.439. The third kappa shape index (κ3) is 5.03. The number of carbonyl (C=O) groups is 2. The minimum absolute atomic E-state index is 0.179. The van der Waals surface area contributed by atoms with E-state index < -0.39 is 5.41 Å². The third-order valence-electron chi connectivity index (χ3n) is 7.38. The van der Waals surface area contributed by atoms with Crippen molar-refractivity contribution in [1.82, 2.24) is 14.8 Å². The summed E-state index contributed by atoms with van der Waals surface area (Å²) in [5, 5.41) is 0. The van der Waals surface area contributed by atoms with Crippen molar-refractivity contribution in [2.45, 2.75) is 51.4 Å². The van der Waals surface area contributed by atoms with Crippen LogP contribution in [0.25, 0.3) is 11.1 Å². The Labute approximate surface area is 191 Å². The van der Waals surface area contributed by atoms with Crippen LogP contribution in [0.2, 0.25) is 0 Å². The van der Waals surface area contributed by atoms with Crippen molar-refractivity contribution in [3.63, 3.8) is 0 Å². The van der Waals surface area contributed by atoms with Crippen LogP contribution >= 0.6 is 0 Å². The second-order valence-electron chi connectivity index (χ2n) is 9.82. The number of likely N-dealkylation sites (tertiary alicyclic amines) is 1. The maximum absolute atomic E-state index is 13.3. The highest BCUT2D eigenvalue weighted by molar-refractivity contribution is 5.83. The monoisotopic (exact) mass is 433 g/mol. The number of piperidine rings is 1. The van der Waals surface area contributed by atoms with Crippen LogP contribution < -0.4 is 0 Å². The molecule has 0 unspecified atom stereocenters. The van der Waals surface area contributed by atoms with Gasteiger partial charge in [0.15, 0.2) is 0 Å². The Hall–Kier alpha value is -2.69. The Morgan fingerprint density at radius 2 is 1.56 bits per heavy atom.